The molecule has 0 aliphatic rings. The highest BCUT2D eigenvalue weighted by atomic mass is 16.2. The number of amides is 1. The van der Waals surface area contributed by atoms with Gasteiger partial charge in [0.2, 0.25) is 5.91 Å². The number of terminal acetylenes is 1. The summed E-state index contributed by atoms with van der Waals surface area (Å²) in [7, 11) is 0. The van der Waals surface area contributed by atoms with Crippen LogP contribution in [0.2, 0.25) is 0 Å². The molecule has 0 saturated carbocycles. The number of rotatable bonds is 3. The summed E-state index contributed by atoms with van der Waals surface area (Å²) in [5.74, 6) is 1.72. The van der Waals surface area contributed by atoms with E-state index in [1.807, 2.05) is 0 Å². The zero-order valence-corrected chi connectivity index (χ0v) is 9.19. The van der Waals surface area contributed by atoms with E-state index in [-0.39, 0.29) is 30.0 Å². The zero-order valence-electron chi connectivity index (χ0n) is 9.19. The predicted molar refractivity (Wildman–Crippen MR) is 62.7 cm³/mol. The lowest BCUT2D eigenvalue weighted by atomic mass is 10.4. The monoisotopic (exact) mass is 247 g/mol. The van der Waals surface area contributed by atoms with Gasteiger partial charge in [-0.1, -0.05) is 5.92 Å². The molecule has 1 amide bonds. The van der Waals surface area contributed by atoms with Gasteiger partial charge in [-0.05, 0) is 0 Å². The van der Waals surface area contributed by atoms with E-state index in [9.17, 15) is 14.4 Å². The van der Waals surface area contributed by atoms with Crippen LogP contribution in [0, 0.1) is 12.3 Å². The van der Waals surface area contributed by atoms with Gasteiger partial charge >= 0.3 is 5.69 Å². The van der Waals surface area contributed by atoms with E-state index in [0.717, 1.165) is 4.57 Å². The minimum atomic E-state index is -0.636. The molecule has 0 atom stereocenters. The van der Waals surface area contributed by atoms with Gasteiger partial charge in [-0.2, -0.15) is 0 Å². The van der Waals surface area contributed by atoms with Crippen molar-refractivity contribution in [2.75, 3.05) is 0 Å². The van der Waals surface area contributed by atoms with Crippen molar-refractivity contribution in [1.82, 2.24) is 19.5 Å². The Morgan fingerprint density at radius 2 is 2.17 bits per heavy atom. The number of imidazole rings is 1. The Morgan fingerprint density at radius 3 is 2.78 bits per heavy atom. The Hall–Kier alpha value is -2.82. The first-order valence-electron chi connectivity index (χ1n) is 4.96. The summed E-state index contributed by atoms with van der Waals surface area (Å²) in [6.07, 6.45) is 4.89. The predicted octanol–water partition coefficient (Wildman–Crippen LogP) is -1.93. The highest BCUT2D eigenvalue weighted by Crippen LogP contribution is 2.01. The number of hydrogen-bond acceptors (Lipinski definition) is 4. The molecule has 0 aromatic carbocycles. The second kappa shape index (κ2) is 4.21. The summed E-state index contributed by atoms with van der Waals surface area (Å²) >= 11 is 0. The van der Waals surface area contributed by atoms with Gasteiger partial charge in [-0.15, -0.1) is 6.42 Å². The number of nitrogens with one attached hydrogen (secondary N) is 2. The van der Waals surface area contributed by atoms with E-state index in [2.05, 4.69) is 20.9 Å². The van der Waals surface area contributed by atoms with Crippen LogP contribution in [-0.2, 0) is 17.8 Å². The molecule has 8 nitrogen and oxygen atoms in total. The molecule has 0 bridgehead atoms. The fraction of sp³-hybridized carbons (Fsp3) is 0.200. The van der Waals surface area contributed by atoms with Crippen LogP contribution in [0.1, 0.15) is 5.82 Å². The first-order valence-corrected chi connectivity index (χ1v) is 4.96. The number of nitrogens with two attached hydrogens (primary N) is 1. The van der Waals surface area contributed by atoms with Gasteiger partial charge in [0.1, 0.15) is 5.82 Å². The Kier molecular flexibility index (Phi) is 2.73. The van der Waals surface area contributed by atoms with Gasteiger partial charge in [0, 0.05) is 0 Å². The molecular formula is C10H9N5O3. The molecule has 18 heavy (non-hydrogen) atoms. The van der Waals surface area contributed by atoms with Crippen LogP contribution in [0.15, 0.2) is 9.59 Å². The SMILES string of the molecule is C#CCn1c(=O)[nH]c2nc(CC(N)=O)[nH]c(=O)c21. The number of hydrogen-bond donors (Lipinski definition) is 3. The molecule has 0 radical (unpaired) electrons. The lowest BCUT2D eigenvalue weighted by Crippen LogP contribution is -2.22. The van der Waals surface area contributed by atoms with Crippen LogP contribution < -0.4 is 17.0 Å². The Labute approximate surface area is 99.8 Å². The van der Waals surface area contributed by atoms with Gasteiger partial charge in [0.05, 0.1) is 13.0 Å². The topological polar surface area (TPSA) is 127 Å². The average Bonchev–Trinajstić information content (AvgIpc) is 2.55. The molecule has 8 heteroatoms. The highest BCUT2D eigenvalue weighted by molar-refractivity contribution is 5.76. The van der Waals surface area contributed by atoms with Crippen molar-refractivity contribution in [3.8, 4) is 12.3 Å². The van der Waals surface area contributed by atoms with Crippen molar-refractivity contribution in [3.63, 3.8) is 0 Å². The maximum Gasteiger partial charge on any atom is 0.328 e. The van der Waals surface area contributed by atoms with Gasteiger partial charge in [0.15, 0.2) is 11.2 Å². The summed E-state index contributed by atoms with van der Waals surface area (Å²) in [5, 5.41) is 0. The minimum absolute atomic E-state index is 0.0429. The molecule has 92 valence electrons. The van der Waals surface area contributed by atoms with E-state index in [4.69, 9.17) is 12.2 Å². The molecule has 0 unspecified atom stereocenters. The highest BCUT2D eigenvalue weighted by Gasteiger charge is 2.13. The third-order valence-corrected chi connectivity index (χ3v) is 2.28. The first kappa shape index (κ1) is 11.7. The van der Waals surface area contributed by atoms with Crippen LogP contribution in [0.4, 0.5) is 0 Å². The fourth-order valence-corrected chi connectivity index (χ4v) is 1.61. The summed E-state index contributed by atoms with van der Waals surface area (Å²) < 4.78 is 1.09. The van der Waals surface area contributed by atoms with Crippen molar-refractivity contribution in [3.05, 3.63) is 26.7 Å². The fourth-order valence-electron chi connectivity index (χ4n) is 1.61. The normalized spacial score (nSPS) is 10.4. The third kappa shape index (κ3) is 1.89. The first-order chi connectivity index (χ1) is 8.52. The number of aromatic amines is 2. The molecule has 0 saturated heterocycles. The van der Waals surface area contributed by atoms with Gasteiger partial charge in [0.25, 0.3) is 5.56 Å². The second-order valence-corrected chi connectivity index (χ2v) is 3.57. The number of fused-ring (bicyclic) bond motifs is 1. The van der Waals surface area contributed by atoms with Crippen molar-refractivity contribution >= 4 is 17.1 Å². The smallest absolute Gasteiger partial charge is 0.328 e. The van der Waals surface area contributed by atoms with Crippen molar-refractivity contribution in [2.45, 2.75) is 13.0 Å². The number of primary amides is 1. The minimum Gasteiger partial charge on any atom is -0.369 e. The van der Waals surface area contributed by atoms with Crippen LogP contribution in [0.3, 0.4) is 0 Å². The molecular weight excluding hydrogens is 238 g/mol. The third-order valence-electron chi connectivity index (χ3n) is 2.28. The number of carbonyl (C=O) groups excluding carboxylic acids is 1. The Balaban J connectivity index is 2.71. The number of aromatic nitrogens is 4. The Morgan fingerprint density at radius 1 is 1.44 bits per heavy atom. The van der Waals surface area contributed by atoms with Crippen LogP contribution >= 0.6 is 0 Å². The standard InChI is InChI=1S/C10H9N5O3/c1-2-3-15-7-8(14-10(15)18)12-6(4-5(11)16)13-9(7)17/h1H,3-4H2,(H2,11,16)(H2,12,13,14,17,18). The molecule has 0 fully saturated rings. The van der Waals surface area contributed by atoms with E-state index in [1.54, 1.807) is 0 Å². The molecule has 0 aliphatic carbocycles. The molecule has 0 aliphatic heterocycles. The molecule has 0 spiro atoms. The van der Waals surface area contributed by atoms with Gasteiger partial charge < -0.3 is 10.7 Å². The van der Waals surface area contributed by atoms with Gasteiger partial charge in [-0.3, -0.25) is 19.1 Å². The average molecular weight is 247 g/mol. The molecule has 2 aromatic rings. The van der Waals surface area contributed by atoms with Gasteiger partial charge in [-0.25, -0.2) is 9.78 Å². The van der Waals surface area contributed by atoms with Crippen LogP contribution in [0.5, 0.6) is 0 Å². The molecule has 2 rings (SSSR count). The number of carbonyl (C=O) groups is 1. The van der Waals surface area contributed by atoms with Crippen LogP contribution in [0.25, 0.3) is 11.2 Å². The van der Waals surface area contributed by atoms with E-state index in [0.29, 0.717) is 0 Å². The van der Waals surface area contributed by atoms with E-state index < -0.39 is 17.2 Å². The summed E-state index contributed by atoms with van der Waals surface area (Å²) in [6.45, 7) is -0.0429. The lowest BCUT2D eigenvalue weighted by Gasteiger charge is -1.99. The van der Waals surface area contributed by atoms with Crippen molar-refractivity contribution < 1.29 is 4.79 Å². The van der Waals surface area contributed by atoms with E-state index >= 15 is 0 Å². The zero-order chi connectivity index (χ0) is 13.3. The number of nitrogens with zero attached hydrogens (tertiary/aromatic N) is 2. The summed E-state index contributed by atoms with van der Waals surface area (Å²) in [5.41, 5.74) is 4.04. The molecule has 2 heterocycles. The molecule has 2 aromatic heterocycles. The summed E-state index contributed by atoms with van der Waals surface area (Å²) in [6, 6.07) is 0. The Bertz CT molecular complexity index is 773. The van der Waals surface area contributed by atoms with Crippen molar-refractivity contribution in [1.29, 1.82) is 0 Å². The van der Waals surface area contributed by atoms with E-state index in [1.165, 1.54) is 0 Å². The largest absolute Gasteiger partial charge is 0.369 e. The lowest BCUT2D eigenvalue weighted by molar-refractivity contribution is -0.117. The maximum absolute atomic E-state index is 11.8. The number of H-pyrrole nitrogens is 2. The quantitative estimate of drug-likeness (QED) is 0.546. The second-order valence-electron chi connectivity index (χ2n) is 3.57. The van der Waals surface area contributed by atoms with Crippen molar-refractivity contribution in [2.24, 2.45) is 5.73 Å². The summed E-state index contributed by atoms with van der Waals surface area (Å²) in [4.78, 5) is 42.8. The maximum atomic E-state index is 11.8. The molecule has 4 N–H and O–H groups in total. The van der Waals surface area contributed by atoms with Crippen LogP contribution in [-0.4, -0.2) is 25.4 Å².